The molecule has 0 saturated heterocycles. The monoisotopic (exact) mass is 467 g/mol. The van der Waals surface area contributed by atoms with Crippen LogP contribution in [-0.2, 0) is 6.61 Å². The molecule has 5 nitrogen and oxygen atoms in total. The molecule has 8 heteroatoms. The van der Waals surface area contributed by atoms with E-state index in [0.29, 0.717) is 49.5 Å². The SMILES string of the molecule is COc1cc(/C=C(/C#N)c2nc3ccc(F)cc3[nH]2)ccc1OCc1ccc(Cl)c(Cl)c1. The maximum Gasteiger partial charge on any atom is 0.161 e. The molecule has 0 aliphatic carbocycles. The highest BCUT2D eigenvalue weighted by Crippen LogP contribution is 2.31. The third kappa shape index (κ3) is 4.70. The number of hydrogen-bond acceptors (Lipinski definition) is 4. The fraction of sp³-hybridized carbons (Fsp3) is 0.0833. The third-order valence-electron chi connectivity index (χ3n) is 4.70. The van der Waals surface area contributed by atoms with E-state index in [0.717, 1.165) is 5.56 Å². The zero-order valence-electron chi connectivity index (χ0n) is 16.8. The molecule has 0 bridgehead atoms. The van der Waals surface area contributed by atoms with Gasteiger partial charge >= 0.3 is 0 Å². The van der Waals surface area contributed by atoms with Gasteiger partial charge in [0.25, 0.3) is 0 Å². The molecule has 1 heterocycles. The number of nitrogens with zero attached hydrogens (tertiary/aromatic N) is 2. The summed E-state index contributed by atoms with van der Waals surface area (Å²) in [5.74, 6) is 1.01. The van der Waals surface area contributed by atoms with Crippen molar-refractivity contribution < 1.29 is 13.9 Å². The average molecular weight is 468 g/mol. The number of benzene rings is 3. The minimum atomic E-state index is -0.378. The number of hydrogen-bond donors (Lipinski definition) is 1. The summed E-state index contributed by atoms with van der Waals surface area (Å²) in [6.07, 6.45) is 1.67. The lowest BCUT2D eigenvalue weighted by molar-refractivity contribution is 0.284. The second-order valence-corrected chi connectivity index (χ2v) is 7.68. The van der Waals surface area contributed by atoms with Crippen LogP contribution in [0.3, 0.4) is 0 Å². The minimum Gasteiger partial charge on any atom is -0.493 e. The number of nitrogens with one attached hydrogen (secondary N) is 1. The highest BCUT2D eigenvalue weighted by atomic mass is 35.5. The summed E-state index contributed by atoms with van der Waals surface area (Å²) in [5.41, 5.74) is 2.97. The summed E-state index contributed by atoms with van der Waals surface area (Å²) < 4.78 is 24.8. The van der Waals surface area contributed by atoms with Gasteiger partial charge in [-0.3, -0.25) is 0 Å². The fourth-order valence-electron chi connectivity index (χ4n) is 3.11. The first-order chi connectivity index (χ1) is 15.5. The highest BCUT2D eigenvalue weighted by Gasteiger charge is 2.11. The largest absolute Gasteiger partial charge is 0.493 e. The Hall–Kier alpha value is -3.53. The highest BCUT2D eigenvalue weighted by molar-refractivity contribution is 6.42. The smallest absolute Gasteiger partial charge is 0.161 e. The van der Waals surface area contributed by atoms with Gasteiger partial charge in [0, 0.05) is 0 Å². The molecule has 1 aromatic heterocycles. The van der Waals surface area contributed by atoms with Gasteiger partial charge in [-0.1, -0.05) is 35.3 Å². The molecule has 0 fully saturated rings. The van der Waals surface area contributed by atoms with E-state index in [9.17, 15) is 9.65 Å². The Bertz CT molecular complexity index is 1380. The number of methoxy groups -OCH3 is 1. The molecule has 0 radical (unpaired) electrons. The van der Waals surface area contributed by atoms with Crippen molar-refractivity contribution in [2.24, 2.45) is 0 Å². The van der Waals surface area contributed by atoms with E-state index in [2.05, 4.69) is 16.0 Å². The summed E-state index contributed by atoms with van der Waals surface area (Å²) in [6, 6.07) is 16.9. The predicted molar refractivity (Wildman–Crippen MR) is 123 cm³/mol. The number of aromatic nitrogens is 2. The maximum atomic E-state index is 13.4. The van der Waals surface area contributed by atoms with Gasteiger partial charge in [0.1, 0.15) is 24.3 Å². The van der Waals surface area contributed by atoms with E-state index in [-0.39, 0.29) is 12.4 Å². The van der Waals surface area contributed by atoms with Crippen LogP contribution in [-0.4, -0.2) is 17.1 Å². The van der Waals surface area contributed by atoms with Crippen LogP contribution in [0.2, 0.25) is 10.0 Å². The standard InChI is InChI=1S/C24H16Cl2FN3O2/c1-31-23-10-14(3-7-22(23)32-13-15-2-5-18(25)19(26)9-15)8-16(12-28)24-29-20-6-4-17(27)11-21(20)30-24/h2-11H,13H2,1H3,(H,29,30)/b16-8-. The van der Waals surface area contributed by atoms with E-state index >= 15 is 0 Å². The molecule has 4 rings (SSSR count). The first kappa shape index (κ1) is 21.7. The molecule has 1 N–H and O–H groups in total. The molecule has 0 aliphatic heterocycles. The Kier molecular flexibility index (Phi) is 6.31. The number of allylic oxidation sites excluding steroid dienone is 1. The van der Waals surface area contributed by atoms with E-state index < -0.39 is 0 Å². The summed E-state index contributed by atoms with van der Waals surface area (Å²) in [6.45, 7) is 0.279. The second-order valence-electron chi connectivity index (χ2n) is 6.86. The van der Waals surface area contributed by atoms with Crippen LogP contribution in [0.5, 0.6) is 11.5 Å². The number of imidazole rings is 1. The number of H-pyrrole nitrogens is 1. The average Bonchev–Trinajstić information content (AvgIpc) is 3.21. The Labute approximate surface area is 193 Å². The summed E-state index contributed by atoms with van der Waals surface area (Å²) in [4.78, 5) is 7.35. The normalized spacial score (nSPS) is 11.4. The van der Waals surface area contributed by atoms with E-state index in [1.54, 1.807) is 42.5 Å². The van der Waals surface area contributed by atoms with E-state index in [4.69, 9.17) is 32.7 Å². The Morgan fingerprint density at radius 3 is 2.69 bits per heavy atom. The van der Waals surface area contributed by atoms with Crippen LogP contribution in [0.1, 0.15) is 17.0 Å². The van der Waals surface area contributed by atoms with E-state index in [1.807, 2.05) is 6.07 Å². The van der Waals surface area contributed by atoms with Gasteiger partial charge in [-0.15, -0.1) is 0 Å². The van der Waals surface area contributed by atoms with Crippen LogP contribution in [0, 0.1) is 17.1 Å². The maximum absolute atomic E-state index is 13.4. The van der Waals surface area contributed by atoms with Gasteiger partial charge in [0.05, 0.1) is 33.8 Å². The molecule has 0 aliphatic rings. The molecule has 32 heavy (non-hydrogen) atoms. The zero-order chi connectivity index (χ0) is 22.7. The van der Waals surface area contributed by atoms with Crippen LogP contribution in [0.25, 0.3) is 22.7 Å². The van der Waals surface area contributed by atoms with Crippen molar-refractivity contribution in [2.75, 3.05) is 7.11 Å². The number of ether oxygens (including phenoxy) is 2. The molecule has 0 atom stereocenters. The summed E-state index contributed by atoms with van der Waals surface area (Å²) in [5, 5.41) is 10.6. The van der Waals surface area contributed by atoms with Gasteiger partial charge in [0.2, 0.25) is 0 Å². The van der Waals surface area contributed by atoms with Crippen LogP contribution in [0.15, 0.2) is 54.6 Å². The van der Waals surface area contributed by atoms with Crippen molar-refractivity contribution in [1.82, 2.24) is 9.97 Å². The third-order valence-corrected chi connectivity index (χ3v) is 5.44. The van der Waals surface area contributed by atoms with Crippen molar-refractivity contribution >= 4 is 45.9 Å². The first-order valence-corrected chi connectivity index (χ1v) is 10.2. The van der Waals surface area contributed by atoms with Gasteiger partial charge < -0.3 is 14.5 Å². The number of nitriles is 1. The van der Waals surface area contributed by atoms with Crippen LogP contribution in [0.4, 0.5) is 4.39 Å². The van der Waals surface area contributed by atoms with Crippen molar-refractivity contribution in [3.63, 3.8) is 0 Å². The van der Waals surface area contributed by atoms with Gasteiger partial charge in [0.15, 0.2) is 11.5 Å². The van der Waals surface area contributed by atoms with Gasteiger partial charge in [-0.25, -0.2) is 9.37 Å². The van der Waals surface area contributed by atoms with Crippen molar-refractivity contribution in [3.8, 4) is 17.6 Å². The molecular formula is C24H16Cl2FN3O2. The Morgan fingerprint density at radius 1 is 1.09 bits per heavy atom. The van der Waals surface area contributed by atoms with Gasteiger partial charge in [-0.2, -0.15) is 5.26 Å². The first-order valence-electron chi connectivity index (χ1n) is 9.49. The zero-order valence-corrected chi connectivity index (χ0v) is 18.3. The molecule has 0 amide bonds. The predicted octanol–water partition coefficient (Wildman–Crippen LogP) is 6.66. The van der Waals surface area contributed by atoms with Crippen LogP contribution >= 0.6 is 23.2 Å². The van der Waals surface area contributed by atoms with Crippen molar-refractivity contribution in [1.29, 1.82) is 5.26 Å². The minimum absolute atomic E-state index is 0.279. The number of halogens is 3. The number of aromatic amines is 1. The Morgan fingerprint density at radius 2 is 1.94 bits per heavy atom. The summed E-state index contributed by atoms with van der Waals surface area (Å²) in [7, 11) is 1.54. The fourth-order valence-corrected chi connectivity index (χ4v) is 3.43. The van der Waals surface area contributed by atoms with Crippen LogP contribution < -0.4 is 9.47 Å². The quantitative estimate of drug-likeness (QED) is 0.321. The molecule has 0 saturated carbocycles. The Balaban J connectivity index is 1.58. The number of fused-ring (bicyclic) bond motifs is 1. The lowest BCUT2D eigenvalue weighted by Gasteiger charge is -2.12. The van der Waals surface area contributed by atoms with Crippen molar-refractivity contribution in [2.45, 2.75) is 6.61 Å². The van der Waals surface area contributed by atoms with E-state index in [1.165, 1.54) is 19.2 Å². The molecule has 0 unspecified atom stereocenters. The lowest BCUT2D eigenvalue weighted by atomic mass is 10.1. The molecular weight excluding hydrogens is 452 g/mol. The number of rotatable bonds is 6. The molecule has 3 aromatic carbocycles. The summed E-state index contributed by atoms with van der Waals surface area (Å²) >= 11 is 12.0. The molecule has 160 valence electrons. The molecule has 4 aromatic rings. The topological polar surface area (TPSA) is 70.9 Å². The second kappa shape index (κ2) is 9.31. The molecule has 0 spiro atoms. The van der Waals surface area contributed by atoms with Crippen molar-refractivity contribution in [3.05, 3.63) is 87.4 Å². The van der Waals surface area contributed by atoms with Gasteiger partial charge in [-0.05, 0) is 59.7 Å². The lowest BCUT2D eigenvalue weighted by Crippen LogP contribution is -1.98.